The van der Waals surface area contributed by atoms with Gasteiger partial charge in [-0.15, -0.1) is 0 Å². The van der Waals surface area contributed by atoms with E-state index in [1.807, 2.05) is 13.8 Å². The van der Waals surface area contributed by atoms with Crippen LogP contribution >= 0.6 is 0 Å². The van der Waals surface area contributed by atoms with Crippen molar-refractivity contribution in [1.29, 1.82) is 0 Å². The molecule has 1 amide bonds. The average Bonchev–Trinajstić information content (AvgIpc) is 2.68. The third-order valence-electron chi connectivity index (χ3n) is 2.73. The quantitative estimate of drug-likeness (QED) is 0.761. The maximum atomic E-state index is 11.8. The third kappa shape index (κ3) is 5.04. The normalized spacial score (nSPS) is 17.6. The summed E-state index contributed by atoms with van der Waals surface area (Å²) in [5, 5.41) is 2.65. The monoisotopic (exact) mass is 262 g/mol. The zero-order valence-corrected chi connectivity index (χ0v) is 11.4. The summed E-state index contributed by atoms with van der Waals surface area (Å²) in [6.45, 7) is 5.38. The van der Waals surface area contributed by atoms with Crippen LogP contribution in [0.4, 0.5) is 0 Å². The van der Waals surface area contributed by atoms with Crippen molar-refractivity contribution in [1.82, 2.24) is 9.62 Å². The van der Waals surface area contributed by atoms with Crippen LogP contribution < -0.4 is 5.32 Å². The molecular weight excluding hydrogens is 240 g/mol. The van der Waals surface area contributed by atoms with Gasteiger partial charge >= 0.3 is 0 Å². The van der Waals surface area contributed by atoms with Crippen LogP contribution in [0.2, 0.25) is 0 Å². The van der Waals surface area contributed by atoms with Crippen molar-refractivity contribution in [3.05, 3.63) is 0 Å². The maximum absolute atomic E-state index is 11.8. The number of carbonyl (C=O) groups is 1. The van der Waals surface area contributed by atoms with Crippen LogP contribution in [0.1, 0.15) is 33.1 Å². The van der Waals surface area contributed by atoms with Crippen LogP contribution in [-0.4, -0.2) is 44.0 Å². The summed E-state index contributed by atoms with van der Waals surface area (Å²) < 4.78 is 25.1. The number of amides is 1. The lowest BCUT2D eigenvalue weighted by Crippen LogP contribution is -2.36. The second-order valence-corrected chi connectivity index (χ2v) is 6.96. The molecule has 1 aliphatic rings. The SMILES string of the molecule is CC(C)CC(=O)NCCS(=O)(=O)N1CCCC1. The average molecular weight is 262 g/mol. The van der Waals surface area contributed by atoms with Gasteiger partial charge in [-0.2, -0.15) is 0 Å². The zero-order valence-electron chi connectivity index (χ0n) is 10.6. The number of nitrogens with one attached hydrogen (secondary N) is 1. The minimum absolute atomic E-state index is 0.0107. The van der Waals surface area contributed by atoms with Crippen molar-refractivity contribution in [3.63, 3.8) is 0 Å². The Morgan fingerprint density at radius 2 is 1.88 bits per heavy atom. The molecule has 0 atom stereocenters. The lowest BCUT2D eigenvalue weighted by Gasteiger charge is -2.15. The Balaban J connectivity index is 2.28. The number of carbonyl (C=O) groups excluding carboxylic acids is 1. The molecule has 6 heteroatoms. The van der Waals surface area contributed by atoms with E-state index in [-0.39, 0.29) is 18.2 Å². The van der Waals surface area contributed by atoms with Crippen LogP contribution in [0.15, 0.2) is 0 Å². The predicted octanol–water partition coefficient (Wildman–Crippen LogP) is 0.574. The number of nitrogens with zero attached hydrogens (tertiary/aromatic N) is 1. The molecule has 0 aromatic rings. The molecule has 1 fully saturated rings. The van der Waals surface area contributed by atoms with Gasteiger partial charge in [-0.05, 0) is 18.8 Å². The van der Waals surface area contributed by atoms with Crippen LogP contribution in [-0.2, 0) is 14.8 Å². The summed E-state index contributed by atoms with van der Waals surface area (Å²) in [5.41, 5.74) is 0. The van der Waals surface area contributed by atoms with Gasteiger partial charge in [-0.25, -0.2) is 12.7 Å². The fraction of sp³-hybridized carbons (Fsp3) is 0.909. The first-order chi connectivity index (χ1) is 7.92. The number of hydrogen-bond acceptors (Lipinski definition) is 3. The fourth-order valence-electron chi connectivity index (χ4n) is 1.86. The van der Waals surface area contributed by atoms with Crippen molar-refractivity contribution in [2.45, 2.75) is 33.1 Å². The summed E-state index contributed by atoms with van der Waals surface area (Å²) in [7, 11) is -3.17. The smallest absolute Gasteiger partial charge is 0.220 e. The molecule has 1 N–H and O–H groups in total. The molecule has 0 saturated carbocycles. The molecule has 1 heterocycles. The lowest BCUT2D eigenvalue weighted by molar-refractivity contribution is -0.121. The van der Waals surface area contributed by atoms with E-state index in [0.717, 1.165) is 12.8 Å². The molecule has 0 aliphatic carbocycles. The highest BCUT2D eigenvalue weighted by Crippen LogP contribution is 2.12. The Bertz CT molecular complexity index is 346. The predicted molar refractivity (Wildman–Crippen MR) is 67.1 cm³/mol. The molecule has 1 saturated heterocycles. The molecule has 0 aromatic heterocycles. The second-order valence-electron chi connectivity index (χ2n) is 4.87. The van der Waals surface area contributed by atoms with Crippen molar-refractivity contribution >= 4 is 15.9 Å². The van der Waals surface area contributed by atoms with Crippen LogP contribution in [0.5, 0.6) is 0 Å². The highest BCUT2D eigenvalue weighted by molar-refractivity contribution is 7.89. The number of hydrogen-bond donors (Lipinski definition) is 1. The molecule has 5 nitrogen and oxygen atoms in total. The van der Waals surface area contributed by atoms with E-state index in [1.165, 1.54) is 4.31 Å². The van der Waals surface area contributed by atoms with Crippen molar-refractivity contribution in [2.75, 3.05) is 25.4 Å². The molecule has 0 spiro atoms. The molecule has 0 bridgehead atoms. The van der Waals surface area contributed by atoms with Gasteiger partial charge in [0.2, 0.25) is 15.9 Å². The minimum Gasteiger partial charge on any atom is -0.355 e. The Morgan fingerprint density at radius 3 is 2.41 bits per heavy atom. The summed E-state index contributed by atoms with van der Waals surface area (Å²) in [4.78, 5) is 11.3. The van der Waals surface area contributed by atoms with E-state index in [9.17, 15) is 13.2 Å². The molecule has 0 radical (unpaired) electrons. The highest BCUT2D eigenvalue weighted by Gasteiger charge is 2.24. The number of rotatable bonds is 6. The van der Waals surface area contributed by atoms with Crippen molar-refractivity contribution in [3.8, 4) is 0 Å². The van der Waals surface area contributed by atoms with E-state index < -0.39 is 10.0 Å². The van der Waals surface area contributed by atoms with Crippen LogP contribution in [0.3, 0.4) is 0 Å². The Morgan fingerprint density at radius 1 is 1.29 bits per heavy atom. The second kappa shape index (κ2) is 6.35. The number of sulfonamides is 1. The lowest BCUT2D eigenvalue weighted by atomic mass is 10.1. The molecule has 0 unspecified atom stereocenters. The first-order valence-electron chi connectivity index (χ1n) is 6.16. The van der Waals surface area contributed by atoms with Gasteiger partial charge in [-0.3, -0.25) is 4.79 Å². The third-order valence-corrected chi connectivity index (χ3v) is 4.61. The summed E-state index contributed by atoms with van der Waals surface area (Å²) >= 11 is 0. The minimum atomic E-state index is -3.17. The van der Waals surface area contributed by atoms with E-state index in [4.69, 9.17) is 0 Å². The van der Waals surface area contributed by atoms with Gasteiger partial charge in [0, 0.05) is 26.1 Å². The topological polar surface area (TPSA) is 66.5 Å². The Hall–Kier alpha value is -0.620. The molecule has 0 aromatic carbocycles. The van der Waals surface area contributed by atoms with E-state index in [1.54, 1.807) is 0 Å². The van der Waals surface area contributed by atoms with Gasteiger partial charge in [0.25, 0.3) is 0 Å². The zero-order chi connectivity index (χ0) is 12.9. The molecule has 1 rings (SSSR count). The van der Waals surface area contributed by atoms with Crippen LogP contribution in [0, 0.1) is 5.92 Å². The van der Waals surface area contributed by atoms with Gasteiger partial charge in [-0.1, -0.05) is 13.8 Å². The van der Waals surface area contributed by atoms with Crippen molar-refractivity contribution < 1.29 is 13.2 Å². The molecule has 100 valence electrons. The first kappa shape index (κ1) is 14.4. The maximum Gasteiger partial charge on any atom is 0.220 e. The first-order valence-corrected chi connectivity index (χ1v) is 7.77. The van der Waals surface area contributed by atoms with Gasteiger partial charge in [0.1, 0.15) is 0 Å². The van der Waals surface area contributed by atoms with Gasteiger partial charge in [0.15, 0.2) is 0 Å². The van der Waals surface area contributed by atoms with Crippen LogP contribution in [0.25, 0.3) is 0 Å². The molecule has 17 heavy (non-hydrogen) atoms. The highest BCUT2D eigenvalue weighted by atomic mass is 32.2. The van der Waals surface area contributed by atoms with Gasteiger partial charge in [0.05, 0.1) is 5.75 Å². The van der Waals surface area contributed by atoms with E-state index >= 15 is 0 Å². The fourth-order valence-corrected chi connectivity index (χ4v) is 3.29. The molecular formula is C11H22N2O3S. The summed E-state index contributed by atoms with van der Waals surface area (Å²) in [6.07, 6.45) is 2.33. The summed E-state index contributed by atoms with van der Waals surface area (Å²) in [6, 6.07) is 0. The summed E-state index contributed by atoms with van der Waals surface area (Å²) in [5.74, 6) is 0.235. The Labute approximate surface area is 104 Å². The van der Waals surface area contributed by atoms with Gasteiger partial charge < -0.3 is 5.32 Å². The standard InChI is InChI=1S/C11H22N2O3S/c1-10(2)9-11(14)12-5-8-17(15,16)13-6-3-4-7-13/h10H,3-9H2,1-2H3,(H,12,14). The van der Waals surface area contributed by atoms with E-state index in [0.29, 0.717) is 25.4 Å². The van der Waals surface area contributed by atoms with E-state index in [2.05, 4.69) is 5.32 Å². The largest absolute Gasteiger partial charge is 0.355 e. The Kier molecular flexibility index (Phi) is 5.39. The molecule has 1 aliphatic heterocycles. The van der Waals surface area contributed by atoms with Crippen molar-refractivity contribution in [2.24, 2.45) is 5.92 Å².